The fourth-order valence-corrected chi connectivity index (χ4v) is 3.40. The third-order valence-electron chi connectivity index (χ3n) is 4.99. The normalized spacial score (nSPS) is 13.7. The zero-order valence-corrected chi connectivity index (χ0v) is 17.0. The fourth-order valence-electron chi connectivity index (χ4n) is 3.40. The fraction of sp³-hybridized carbons (Fsp3) is 0.115. The van der Waals surface area contributed by atoms with Gasteiger partial charge in [0.1, 0.15) is 23.9 Å². The number of hydrogen-bond donors (Lipinski definition) is 0. The first kappa shape index (κ1) is 19.5. The molecular weight excluding hydrogens is 376 g/mol. The first-order chi connectivity index (χ1) is 14.6. The molecule has 0 bridgehead atoms. The monoisotopic (exact) mass is 398 g/mol. The molecule has 3 aromatic rings. The Balaban J connectivity index is 1.56. The number of Topliss-reactive ketones (excluding diaryl/α,β-unsaturated/α-hetero) is 1. The summed E-state index contributed by atoms with van der Waals surface area (Å²) in [5.41, 5.74) is 4.28. The quantitative estimate of drug-likeness (QED) is 0.489. The molecule has 0 fully saturated rings. The number of carbonyl (C=O) groups is 1. The lowest BCUT2D eigenvalue weighted by Gasteiger charge is -2.09. The van der Waals surface area contributed by atoms with Crippen molar-refractivity contribution in [3.05, 3.63) is 101 Å². The summed E-state index contributed by atoms with van der Waals surface area (Å²) in [6.45, 7) is 6.07. The van der Waals surface area contributed by atoms with Gasteiger partial charge in [-0.3, -0.25) is 4.79 Å². The van der Waals surface area contributed by atoms with Gasteiger partial charge in [0.15, 0.2) is 5.76 Å². The van der Waals surface area contributed by atoms with Gasteiger partial charge in [-0.15, -0.1) is 0 Å². The average molecular weight is 398 g/mol. The molecule has 0 radical (unpaired) electrons. The predicted octanol–water partition coefficient (Wildman–Crippen LogP) is 5.84. The molecule has 0 aliphatic carbocycles. The Bertz CT molecular complexity index is 1140. The zero-order valence-electron chi connectivity index (χ0n) is 17.0. The third kappa shape index (κ3) is 3.85. The number of allylic oxidation sites excluding steroid dienone is 1. The molecule has 0 N–H and O–H groups in total. The van der Waals surface area contributed by atoms with E-state index in [4.69, 9.17) is 14.2 Å². The van der Waals surface area contributed by atoms with Gasteiger partial charge in [-0.2, -0.15) is 0 Å². The molecule has 1 aliphatic heterocycles. The molecular formula is C26H22O4. The van der Waals surface area contributed by atoms with Crippen molar-refractivity contribution in [3.63, 3.8) is 0 Å². The van der Waals surface area contributed by atoms with Crippen LogP contribution in [0.3, 0.4) is 0 Å². The second-order valence-electron chi connectivity index (χ2n) is 7.03. The van der Waals surface area contributed by atoms with Crippen LogP contribution in [-0.4, -0.2) is 12.9 Å². The summed E-state index contributed by atoms with van der Waals surface area (Å²) in [5, 5.41) is 0. The lowest BCUT2D eigenvalue weighted by Crippen LogP contribution is -2.00. The third-order valence-corrected chi connectivity index (χ3v) is 4.99. The molecule has 1 aliphatic rings. The lowest BCUT2D eigenvalue weighted by molar-refractivity contribution is 0.101. The molecule has 1 heterocycles. The van der Waals surface area contributed by atoms with Gasteiger partial charge < -0.3 is 14.2 Å². The van der Waals surface area contributed by atoms with Crippen LogP contribution in [0.4, 0.5) is 0 Å². The maximum absolute atomic E-state index is 12.9. The summed E-state index contributed by atoms with van der Waals surface area (Å²) in [4.78, 5) is 12.9. The summed E-state index contributed by atoms with van der Waals surface area (Å²) >= 11 is 0. The van der Waals surface area contributed by atoms with Crippen LogP contribution in [0.5, 0.6) is 17.2 Å². The first-order valence-electron chi connectivity index (χ1n) is 9.65. The van der Waals surface area contributed by atoms with Crippen molar-refractivity contribution in [2.45, 2.75) is 13.5 Å². The number of ether oxygens (including phenoxy) is 3. The van der Waals surface area contributed by atoms with Crippen molar-refractivity contribution in [2.75, 3.05) is 7.11 Å². The van der Waals surface area contributed by atoms with Crippen LogP contribution in [0.15, 0.2) is 73.0 Å². The number of rotatable bonds is 6. The summed E-state index contributed by atoms with van der Waals surface area (Å²) in [6, 6.07) is 19.1. The summed E-state index contributed by atoms with van der Waals surface area (Å²) in [7, 11) is 1.60. The van der Waals surface area contributed by atoms with Gasteiger partial charge in [0.2, 0.25) is 5.78 Å². The molecule has 4 heteroatoms. The molecule has 0 aromatic heterocycles. The Labute approximate surface area is 176 Å². The van der Waals surface area contributed by atoms with Gasteiger partial charge >= 0.3 is 0 Å². The van der Waals surface area contributed by atoms with Crippen molar-refractivity contribution < 1.29 is 19.0 Å². The van der Waals surface area contributed by atoms with E-state index in [9.17, 15) is 4.79 Å². The Morgan fingerprint density at radius 3 is 2.57 bits per heavy atom. The molecule has 0 spiro atoms. The van der Waals surface area contributed by atoms with Crippen LogP contribution in [0.25, 0.3) is 12.2 Å². The van der Waals surface area contributed by atoms with E-state index in [1.54, 1.807) is 25.3 Å². The second kappa shape index (κ2) is 8.29. The van der Waals surface area contributed by atoms with Gasteiger partial charge in [0.05, 0.1) is 12.7 Å². The van der Waals surface area contributed by atoms with Crippen LogP contribution in [-0.2, 0) is 6.61 Å². The Hall–Kier alpha value is -3.79. The van der Waals surface area contributed by atoms with E-state index in [0.717, 1.165) is 22.3 Å². The van der Waals surface area contributed by atoms with Crippen LogP contribution in [0.2, 0.25) is 0 Å². The number of fused-ring (bicyclic) bond motifs is 1. The van der Waals surface area contributed by atoms with E-state index >= 15 is 0 Å². The van der Waals surface area contributed by atoms with Crippen LogP contribution in [0.1, 0.15) is 32.6 Å². The Kier molecular flexibility index (Phi) is 5.40. The maximum atomic E-state index is 12.9. The van der Waals surface area contributed by atoms with Crippen molar-refractivity contribution in [1.29, 1.82) is 0 Å². The van der Waals surface area contributed by atoms with E-state index in [0.29, 0.717) is 29.4 Å². The molecule has 0 saturated heterocycles. The van der Waals surface area contributed by atoms with E-state index < -0.39 is 0 Å². The number of carbonyl (C=O) groups excluding carboxylic acids is 1. The molecule has 3 aromatic carbocycles. The number of methoxy groups -OCH3 is 1. The molecule has 0 amide bonds. The molecule has 0 atom stereocenters. The van der Waals surface area contributed by atoms with Gasteiger partial charge in [-0.1, -0.05) is 55.1 Å². The number of benzene rings is 3. The highest BCUT2D eigenvalue weighted by Crippen LogP contribution is 2.38. The summed E-state index contributed by atoms with van der Waals surface area (Å²) in [5.74, 6) is 1.99. The number of hydrogen-bond acceptors (Lipinski definition) is 4. The molecule has 4 rings (SSSR count). The Morgan fingerprint density at radius 1 is 1.07 bits per heavy atom. The Morgan fingerprint density at radius 2 is 1.83 bits per heavy atom. The highest BCUT2D eigenvalue weighted by molar-refractivity contribution is 6.15. The molecule has 150 valence electrons. The highest BCUT2D eigenvalue weighted by atomic mass is 16.5. The van der Waals surface area contributed by atoms with Gasteiger partial charge in [-0.05, 0) is 41.8 Å². The maximum Gasteiger partial charge on any atom is 0.232 e. The molecule has 4 nitrogen and oxygen atoms in total. The number of aryl methyl sites for hydroxylation is 1. The van der Waals surface area contributed by atoms with Gasteiger partial charge in [-0.25, -0.2) is 0 Å². The summed E-state index contributed by atoms with van der Waals surface area (Å²) < 4.78 is 17.2. The van der Waals surface area contributed by atoms with Crippen LogP contribution >= 0.6 is 0 Å². The standard InChI is InChI=1S/C26H22O4/c1-4-18-9-11-19(12-10-18)16-29-21-13-17(2)25-23(15-21)30-24(26(25)27)14-20-7-5-6-8-22(20)28-3/h4-15H,1,16H2,2-3H3/b24-14-. The average Bonchev–Trinajstić information content (AvgIpc) is 3.08. The smallest absolute Gasteiger partial charge is 0.232 e. The highest BCUT2D eigenvalue weighted by Gasteiger charge is 2.30. The SMILES string of the molecule is C=Cc1ccc(COc2cc(C)c3c(c2)O/C(=C\c2ccccc2OC)C3=O)cc1. The van der Waals surface area contributed by atoms with Crippen molar-refractivity contribution in [3.8, 4) is 17.2 Å². The van der Waals surface area contributed by atoms with Crippen LogP contribution in [0, 0.1) is 6.92 Å². The van der Waals surface area contributed by atoms with Crippen molar-refractivity contribution >= 4 is 17.9 Å². The van der Waals surface area contributed by atoms with Gasteiger partial charge in [0, 0.05) is 11.6 Å². The van der Waals surface area contributed by atoms with Crippen molar-refractivity contribution in [2.24, 2.45) is 0 Å². The lowest BCUT2D eigenvalue weighted by atomic mass is 10.0. The van der Waals surface area contributed by atoms with E-state index in [1.807, 2.05) is 61.5 Å². The van der Waals surface area contributed by atoms with E-state index in [2.05, 4.69) is 6.58 Å². The number of ketones is 1. The molecule has 0 saturated carbocycles. The minimum absolute atomic E-state index is 0.139. The van der Waals surface area contributed by atoms with E-state index in [1.165, 1.54) is 0 Å². The minimum atomic E-state index is -0.139. The topological polar surface area (TPSA) is 44.8 Å². The largest absolute Gasteiger partial charge is 0.496 e. The number of para-hydroxylation sites is 1. The minimum Gasteiger partial charge on any atom is -0.496 e. The van der Waals surface area contributed by atoms with Crippen LogP contribution < -0.4 is 14.2 Å². The van der Waals surface area contributed by atoms with Crippen molar-refractivity contribution in [1.82, 2.24) is 0 Å². The predicted molar refractivity (Wildman–Crippen MR) is 118 cm³/mol. The van der Waals surface area contributed by atoms with Gasteiger partial charge in [0.25, 0.3) is 0 Å². The second-order valence-corrected chi connectivity index (χ2v) is 7.03. The molecule has 0 unspecified atom stereocenters. The first-order valence-corrected chi connectivity index (χ1v) is 9.65. The summed E-state index contributed by atoms with van der Waals surface area (Å²) in [6.07, 6.45) is 3.52. The van der Waals surface area contributed by atoms with E-state index in [-0.39, 0.29) is 11.5 Å². The zero-order chi connectivity index (χ0) is 21.1. The molecule has 30 heavy (non-hydrogen) atoms.